The van der Waals surface area contributed by atoms with E-state index in [0.717, 1.165) is 25.7 Å². The zero-order valence-electron chi connectivity index (χ0n) is 13.1. The second-order valence-electron chi connectivity index (χ2n) is 6.11. The molecule has 1 aromatic carbocycles. The first-order valence-electron chi connectivity index (χ1n) is 8.06. The van der Waals surface area contributed by atoms with Crippen LogP contribution in [0.5, 0.6) is 0 Å². The first-order chi connectivity index (χ1) is 10.5. The Bertz CT molecular complexity index is 499. The van der Waals surface area contributed by atoms with E-state index in [1.807, 2.05) is 6.07 Å². The molecule has 1 aliphatic heterocycles. The number of nitrogens with zero attached hydrogens (tertiary/aromatic N) is 1. The summed E-state index contributed by atoms with van der Waals surface area (Å²) < 4.78 is 0. The third-order valence-electron chi connectivity index (χ3n) is 4.30. The fourth-order valence-corrected chi connectivity index (χ4v) is 3.04. The van der Waals surface area contributed by atoms with E-state index < -0.39 is 5.60 Å². The Morgan fingerprint density at radius 3 is 2.73 bits per heavy atom. The van der Waals surface area contributed by atoms with Gasteiger partial charge in [-0.15, -0.1) is 0 Å². The molecule has 0 aliphatic carbocycles. The second-order valence-corrected chi connectivity index (χ2v) is 6.55. The molecule has 0 radical (unpaired) electrons. The van der Waals surface area contributed by atoms with Crippen molar-refractivity contribution < 1.29 is 9.90 Å². The molecule has 1 heterocycles. The molecule has 2 N–H and O–H groups in total. The molecule has 0 atom stereocenters. The number of amides is 2. The highest BCUT2D eigenvalue weighted by molar-refractivity contribution is 6.30. The van der Waals surface area contributed by atoms with E-state index in [1.54, 1.807) is 23.1 Å². The SMILES string of the molecule is CCCCCC1(O)CCN(C(=O)Nc2cccc(Cl)c2)CC1. The van der Waals surface area contributed by atoms with Crippen LogP contribution in [-0.4, -0.2) is 34.7 Å². The van der Waals surface area contributed by atoms with Gasteiger partial charge < -0.3 is 15.3 Å². The van der Waals surface area contributed by atoms with E-state index >= 15 is 0 Å². The fraction of sp³-hybridized carbons (Fsp3) is 0.588. The highest BCUT2D eigenvalue weighted by Gasteiger charge is 2.33. The van der Waals surface area contributed by atoms with Crippen molar-refractivity contribution in [2.24, 2.45) is 0 Å². The summed E-state index contributed by atoms with van der Waals surface area (Å²) in [6.45, 7) is 3.34. The number of halogens is 1. The number of benzene rings is 1. The molecule has 122 valence electrons. The summed E-state index contributed by atoms with van der Waals surface area (Å²) in [5.74, 6) is 0. The maximum atomic E-state index is 12.2. The van der Waals surface area contributed by atoms with Gasteiger partial charge in [0.15, 0.2) is 0 Å². The number of hydrogen-bond donors (Lipinski definition) is 2. The van der Waals surface area contributed by atoms with Crippen LogP contribution in [0.3, 0.4) is 0 Å². The number of nitrogens with one attached hydrogen (secondary N) is 1. The van der Waals surface area contributed by atoms with Crippen molar-refractivity contribution in [2.75, 3.05) is 18.4 Å². The molecule has 5 heteroatoms. The summed E-state index contributed by atoms with van der Waals surface area (Å²) >= 11 is 5.91. The van der Waals surface area contributed by atoms with Crippen LogP contribution in [-0.2, 0) is 0 Å². The van der Waals surface area contributed by atoms with Gasteiger partial charge in [0.05, 0.1) is 5.60 Å². The number of aliphatic hydroxyl groups is 1. The van der Waals surface area contributed by atoms with Crippen LogP contribution >= 0.6 is 11.6 Å². The molecule has 0 unspecified atom stereocenters. The van der Waals surface area contributed by atoms with Crippen molar-refractivity contribution in [3.8, 4) is 0 Å². The molecule has 2 amide bonds. The number of piperidine rings is 1. The van der Waals surface area contributed by atoms with Crippen molar-refractivity contribution in [3.63, 3.8) is 0 Å². The lowest BCUT2D eigenvalue weighted by molar-refractivity contribution is -0.0196. The smallest absolute Gasteiger partial charge is 0.321 e. The molecule has 1 saturated heterocycles. The van der Waals surface area contributed by atoms with Gasteiger partial charge in [0.25, 0.3) is 0 Å². The Labute approximate surface area is 137 Å². The molecule has 0 bridgehead atoms. The van der Waals surface area contributed by atoms with Gasteiger partial charge in [0.2, 0.25) is 0 Å². The van der Waals surface area contributed by atoms with Crippen LogP contribution in [0.15, 0.2) is 24.3 Å². The standard InChI is InChI=1S/C17H25ClN2O2/c1-2-3-4-8-17(22)9-11-20(12-10-17)16(21)19-15-7-5-6-14(18)13-15/h5-7,13,22H,2-4,8-12H2,1H3,(H,19,21). The average Bonchev–Trinajstić information content (AvgIpc) is 2.48. The van der Waals surface area contributed by atoms with Gasteiger partial charge in [-0.25, -0.2) is 4.79 Å². The number of hydrogen-bond acceptors (Lipinski definition) is 2. The van der Waals surface area contributed by atoms with E-state index in [2.05, 4.69) is 12.2 Å². The minimum absolute atomic E-state index is 0.127. The Hall–Kier alpha value is -1.26. The summed E-state index contributed by atoms with van der Waals surface area (Å²) in [6, 6.07) is 6.99. The molecule has 1 aromatic rings. The Morgan fingerprint density at radius 1 is 1.36 bits per heavy atom. The minimum Gasteiger partial charge on any atom is -0.390 e. The summed E-state index contributed by atoms with van der Waals surface area (Å²) in [5, 5.41) is 14.0. The third-order valence-corrected chi connectivity index (χ3v) is 4.54. The number of unbranched alkanes of at least 4 members (excludes halogenated alkanes) is 2. The largest absolute Gasteiger partial charge is 0.390 e. The second kappa shape index (κ2) is 7.84. The van der Waals surface area contributed by atoms with Crippen LogP contribution in [0.4, 0.5) is 10.5 Å². The van der Waals surface area contributed by atoms with Crippen molar-refractivity contribution >= 4 is 23.3 Å². The van der Waals surface area contributed by atoms with Gasteiger partial charge in [-0.1, -0.05) is 43.9 Å². The van der Waals surface area contributed by atoms with Crippen molar-refractivity contribution in [2.45, 2.75) is 51.0 Å². The predicted octanol–water partition coefficient (Wildman–Crippen LogP) is 4.28. The minimum atomic E-state index is -0.595. The first kappa shape index (κ1) is 17.1. The molecule has 0 spiro atoms. The number of rotatable bonds is 5. The van der Waals surface area contributed by atoms with Crippen LogP contribution in [0.2, 0.25) is 5.02 Å². The number of likely N-dealkylation sites (tertiary alicyclic amines) is 1. The lowest BCUT2D eigenvalue weighted by Crippen LogP contribution is -2.48. The van der Waals surface area contributed by atoms with Crippen LogP contribution in [0.25, 0.3) is 0 Å². The predicted molar refractivity (Wildman–Crippen MR) is 90.4 cm³/mol. The van der Waals surface area contributed by atoms with E-state index in [4.69, 9.17) is 11.6 Å². The van der Waals surface area contributed by atoms with Crippen LogP contribution < -0.4 is 5.32 Å². The highest BCUT2D eigenvalue weighted by Crippen LogP contribution is 2.28. The maximum absolute atomic E-state index is 12.2. The Morgan fingerprint density at radius 2 is 2.09 bits per heavy atom. The van der Waals surface area contributed by atoms with E-state index in [0.29, 0.717) is 36.6 Å². The first-order valence-corrected chi connectivity index (χ1v) is 8.44. The van der Waals surface area contributed by atoms with E-state index in [9.17, 15) is 9.90 Å². The number of anilines is 1. The molecular formula is C17H25ClN2O2. The lowest BCUT2D eigenvalue weighted by atomic mass is 9.86. The monoisotopic (exact) mass is 324 g/mol. The third kappa shape index (κ3) is 4.89. The van der Waals surface area contributed by atoms with Gasteiger partial charge in [0, 0.05) is 23.8 Å². The van der Waals surface area contributed by atoms with Gasteiger partial charge >= 0.3 is 6.03 Å². The van der Waals surface area contributed by atoms with Gasteiger partial charge in [0.1, 0.15) is 0 Å². The molecular weight excluding hydrogens is 300 g/mol. The summed E-state index contributed by atoms with van der Waals surface area (Å²) in [7, 11) is 0. The number of carbonyl (C=O) groups excluding carboxylic acids is 1. The fourth-order valence-electron chi connectivity index (χ4n) is 2.85. The normalized spacial score (nSPS) is 17.3. The summed E-state index contributed by atoms with van der Waals surface area (Å²) in [4.78, 5) is 14.0. The number of carbonyl (C=O) groups is 1. The summed E-state index contributed by atoms with van der Waals surface area (Å²) in [5.41, 5.74) is 0.100. The zero-order valence-corrected chi connectivity index (χ0v) is 13.9. The van der Waals surface area contributed by atoms with Gasteiger partial charge in [-0.05, 0) is 37.5 Å². The highest BCUT2D eigenvalue weighted by atomic mass is 35.5. The lowest BCUT2D eigenvalue weighted by Gasteiger charge is -2.38. The quantitative estimate of drug-likeness (QED) is 0.794. The van der Waals surface area contributed by atoms with Gasteiger partial charge in [-0.2, -0.15) is 0 Å². The molecule has 1 aliphatic rings. The van der Waals surface area contributed by atoms with Crippen molar-refractivity contribution in [1.29, 1.82) is 0 Å². The summed E-state index contributed by atoms with van der Waals surface area (Å²) in [6.07, 6.45) is 5.51. The molecule has 0 aromatic heterocycles. The molecule has 1 fully saturated rings. The molecule has 2 rings (SSSR count). The van der Waals surface area contributed by atoms with E-state index in [-0.39, 0.29) is 6.03 Å². The molecule has 4 nitrogen and oxygen atoms in total. The van der Waals surface area contributed by atoms with Crippen molar-refractivity contribution in [1.82, 2.24) is 4.90 Å². The average molecular weight is 325 g/mol. The van der Waals surface area contributed by atoms with Crippen molar-refractivity contribution in [3.05, 3.63) is 29.3 Å². The van der Waals surface area contributed by atoms with Gasteiger partial charge in [-0.3, -0.25) is 0 Å². The zero-order chi connectivity index (χ0) is 16.0. The maximum Gasteiger partial charge on any atom is 0.321 e. The van der Waals surface area contributed by atoms with E-state index in [1.165, 1.54) is 0 Å². The molecule has 0 saturated carbocycles. The Balaban J connectivity index is 1.82. The Kier molecular flexibility index (Phi) is 6.09. The topological polar surface area (TPSA) is 52.6 Å². The van der Waals surface area contributed by atoms with Crippen LogP contribution in [0, 0.1) is 0 Å². The van der Waals surface area contributed by atoms with Crippen LogP contribution in [0.1, 0.15) is 45.4 Å². The molecule has 22 heavy (non-hydrogen) atoms. The number of urea groups is 1.